The fourth-order valence-corrected chi connectivity index (χ4v) is 1.75. The van der Waals surface area contributed by atoms with Crippen molar-refractivity contribution in [3.8, 4) is 11.8 Å². The van der Waals surface area contributed by atoms with Crippen LogP contribution in [0.3, 0.4) is 0 Å². The summed E-state index contributed by atoms with van der Waals surface area (Å²) in [4.78, 5) is 16.8. The number of hydrogen-bond acceptors (Lipinski definition) is 6. The van der Waals surface area contributed by atoms with Gasteiger partial charge in [-0.2, -0.15) is 41.3 Å². The third-order valence-corrected chi connectivity index (χ3v) is 3.56. The van der Waals surface area contributed by atoms with Gasteiger partial charge in [0.1, 0.15) is 17.0 Å². The molecule has 1 aromatic rings. The van der Waals surface area contributed by atoms with Gasteiger partial charge < -0.3 is 5.11 Å². The Morgan fingerprint density at radius 1 is 0.926 bits per heavy atom. The van der Waals surface area contributed by atoms with Crippen molar-refractivity contribution >= 4 is 23.3 Å². The molecule has 0 spiro atoms. The van der Waals surface area contributed by atoms with Gasteiger partial charge in [-0.05, 0) is 39.0 Å². The summed E-state index contributed by atoms with van der Waals surface area (Å²) < 4.78 is 75.7. The topological polar surface area (TPSA) is 83.6 Å². The van der Waals surface area contributed by atoms with E-state index in [-0.39, 0.29) is 0 Å². The minimum atomic E-state index is -4.77. The van der Waals surface area contributed by atoms with Crippen LogP contribution in [0.25, 0.3) is 0 Å². The number of rotatable bonds is 2. The Bertz CT molecular complexity index is 795. The van der Waals surface area contributed by atoms with Crippen LogP contribution in [0.4, 0.5) is 38.2 Å². The lowest BCUT2D eigenvalue weighted by Gasteiger charge is -2.30. The lowest BCUT2D eigenvalue weighted by Crippen LogP contribution is -2.34. The quantitative estimate of drug-likeness (QED) is 0.474. The molecule has 0 amide bonds. The Morgan fingerprint density at radius 3 is 1.70 bits per heavy atom. The SMILES string of the molecule is C/C(=N\c1nc(C#CC2(O)CCC2)nc(/N=C(\C)C(F)(F)F)n1)C(F)(F)F. The second-order valence-corrected chi connectivity index (χ2v) is 5.78. The molecule has 1 saturated carbocycles. The lowest BCUT2D eigenvalue weighted by molar-refractivity contribution is -0.0599. The monoisotopic (exact) mass is 393 g/mol. The number of aromatic nitrogens is 3. The summed E-state index contributed by atoms with van der Waals surface area (Å²) in [6, 6.07) is 0. The smallest absolute Gasteiger partial charge is 0.378 e. The molecule has 0 aromatic carbocycles. The Hall–Kier alpha value is -2.55. The molecule has 146 valence electrons. The van der Waals surface area contributed by atoms with E-state index in [1.165, 1.54) is 0 Å². The van der Waals surface area contributed by atoms with Crippen molar-refractivity contribution in [2.45, 2.75) is 51.1 Å². The fourth-order valence-electron chi connectivity index (χ4n) is 1.75. The van der Waals surface area contributed by atoms with Gasteiger partial charge in [-0.15, -0.1) is 0 Å². The highest BCUT2D eigenvalue weighted by Gasteiger charge is 2.34. The molecule has 1 aromatic heterocycles. The zero-order valence-corrected chi connectivity index (χ0v) is 14.1. The predicted molar refractivity (Wildman–Crippen MR) is 83.2 cm³/mol. The number of hydrogen-bond donors (Lipinski definition) is 1. The summed E-state index contributed by atoms with van der Waals surface area (Å²) in [6.45, 7) is 1.30. The Balaban J connectivity index is 2.50. The first-order valence-corrected chi connectivity index (χ1v) is 7.55. The van der Waals surface area contributed by atoms with Gasteiger partial charge in [-0.1, -0.05) is 5.92 Å². The molecule has 0 unspecified atom stereocenters. The third-order valence-electron chi connectivity index (χ3n) is 3.56. The molecule has 1 aliphatic rings. The van der Waals surface area contributed by atoms with Crippen molar-refractivity contribution in [2.24, 2.45) is 9.98 Å². The van der Waals surface area contributed by atoms with Gasteiger partial charge in [0.15, 0.2) is 0 Å². The van der Waals surface area contributed by atoms with Crippen LogP contribution in [-0.2, 0) is 0 Å². The highest BCUT2D eigenvalue weighted by Crippen LogP contribution is 2.30. The highest BCUT2D eigenvalue weighted by atomic mass is 19.4. The predicted octanol–water partition coefficient (Wildman–Crippen LogP) is 3.45. The summed E-state index contributed by atoms with van der Waals surface area (Å²) in [5.74, 6) is 2.74. The fraction of sp³-hybridized carbons (Fsp3) is 0.533. The molecule has 1 heterocycles. The minimum Gasteiger partial charge on any atom is -0.378 e. The van der Waals surface area contributed by atoms with Crippen LogP contribution in [0, 0.1) is 11.8 Å². The van der Waals surface area contributed by atoms with E-state index in [4.69, 9.17) is 0 Å². The molecule has 1 N–H and O–H groups in total. The van der Waals surface area contributed by atoms with Crippen LogP contribution in [0.2, 0.25) is 0 Å². The van der Waals surface area contributed by atoms with Gasteiger partial charge in [0, 0.05) is 0 Å². The number of aliphatic imine (C=N–C) groups is 2. The van der Waals surface area contributed by atoms with Gasteiger partial charge >= 0.3 is 12.4 Å². The van der Waals surface area contributed by atoms with Gasteiger partial charge in [0.05, 0.1) is 0 Å². The van der Waals surface area contributed by atoms with Crippen LogP contribution in [0.1, 0.15) is 38.9 Å². The maximum atomic E-state index is 12.6. The van der Waals surface area contributed by atoms with Crippen molar-refractivity contribution in [1.29, 1.82) is 0 Å². The molecule has 0 atom stereocenters. The molecular weight excluding hydrogens is 380 g/mol. The third kappa shape index (κ3) is 5.72. The molecular formula is C15H13F6N5O. The number of nitrogens with zero attached hydrogens (tertiary/aromatic N) is 5. The van der Waals surface area contributed by atoms with Gasteiger partial charge in [-0.3, -0.25) is 0 Å². The van der Waals surface area contributed by atoms with Crippen LogP contribution < -0.4 is 0 Å². The summed E-state index contributed by atoms with van der Waals surface area (Å²) in [6.07, 6.45) is -8.03. The molecule has 0 radical (unpaired) electrons. The average Bonchev–Trinajstić information content (AvgIpc) is 2.49. The highest BCUT2D eigenvalue weighted by molar-refractivity contribution is 5.89. The average molecular weight is 393 g/mol. The van der Waals surface area contributed by atoms with E-state index >= 15 is 0 Å². The second kappa shape index (κ2) is 7.22. The van der Waals surface area contributed by atoms with Gasteiger partial charge in [0.2, 0.25) is 5.82 Å². The van der Waals surface area contributed by atoms with Crippen molar-refractivity contribution in [3.63, 3.8) is 0 Å². The zero-order chi connectivity index (χ0) is 20.5. The Morgan fingerprint density at radius 2 is 1.37 bits per heavy atom. The van der Waals surface area contributed by atoms with Gasteiger partial charge in [-0.25, -0.2) is 9.98 Å². The first-order valence-electron chi connectivity index (χ1n) is 7.55. The zero-order valence-electron chi connectivity index (χ0n) is 14.1. The molecule has 0 aliphatic heterocycles. The molecule has 0 bridgehead atoms. The summed E-state index contributed by atoms with van der Waals surface area (Å²) in [7, 11) is 0. The van der Waals surface area contributed by atoms with E-state index in [2.05, 4.69) is 36.8 Å². The molecule has 0 saturated heterocycles. The maximum Gasteiger partial charge on any atom is 0.429 e. The second-order valence-electron chi connectivity index (χ2n) is 5.78. The van der Waals surface area contributed by atoms with Crippen LogP contribution in [0.5, 0.6) is 0 Å². The molecule has 2 rings (SSSR count). The number of aliphatic hydroxyl groups is 1. The van der Waals surface area contributed by atoms with E-state index in [1.807, 2.05) is 0 Å². The lowest BCUT2D eigenvalue weighted by atomic mass is 9.81. The number of alkyl halides is 6. The normalized spacial score (nSPS) is 17.8. The Kier molecular flexibility index (Phi) is 5.55. The summed E-state index contributed by atoms with van der Waals surface area (Å²) >= 11 is 0. The van der Waals surface area contributed by atoms with Gasteiger partial charge in [0.25, 0.3) is 11.9 Å². The summed E-state index contributed by atoms with van der Waals surface area (Å²) in [5, 5.41) is 9.92. The maximum absolute atomic E-state index is 12.6. The van der Waals surface area contributed by atoms with Crippen molar-refractivity contribution in [1.82, 2.24) is 15.0 Å². The molecule has 6 nitrogen and oxygen atoms in total. The summed E-state index contributed by atoms with van der Waals surface area (Å²) in [5.41, 5.74) is -3.90. The van der Waals surface area contributed by atoms with Crippen LogP contribution in [-0.4, -0.2) is 49.4 Å². The Labute approximate surface area is 149 Å². The van der Waals surface area contributed by atoms with Crippen molar-refractivity contribution in [2.75, 3.05) is 0 Å². The van der Waals surface area contributed by atoms with E-state index in [0.29, 0.717) is 26.7 Å². The van der Waals surface area contributed by atoms with Crippen LogP contribution >= 0.6 is 0 Å². The molecule has 1 fully saturated rings. The first kappa shape index (κ1) is 20.8. The molecule has 12 heteroatoms. The van der Waals surface area contributed by atoms with E-state index in [1.54, 1.807) is 0 Å². The van der Waals surface area contributed by atoms with E-state index in [9.17, 15) is 31.4 Å². The standard InChI is InChI=1S/C15H13F6N5O/c1-8(14(16,17)18)22-11-24-10(4-7-13(27)5-3-6-13)25-12(26-11)23-9(2)15(19,20)21/h27H,3,5-6H2,1-2H3/b22-8+,23-9+. The van der Waals surface area contributed by atoms with E-state index < -0.39 is 47.1 Å². The van der Waals surface area contributed by atoms with E-state index in [0.717, 1.165) is 6.42 Å². The van der Waals surface area contributed by atoms with Crippen molar-refractivity contribution < 1.29 is 31.4 Å². The first-order chi connectivity index (χ1) is 12.3. The number of halogens is 6. The minimum absolute atomic E-state index is 0.390. The largest absolute Gasteiger partial charge is 0.429 e. The molecule has 1 aliphatic carbocycles. The van der Waals surface area contributed by atoms with Crippen LogP contribution in [0.15, 0.2) is 9.98 Å². The molecule has 27 heavy (non-hydrogen) atoms. The van der Waals surface area contributed by atoms with Crippen molar-refractivity contribution in [3.05, 3.63) is 5.82 Å².